The van der Waals surface area contributed by atoms with Crippen molar-refractivity contribution >= 4 is 0 Å². The third-order valence-electron chi connectivity index (χ3n) is 9.51. The normalized spacial score (nSPS) is 12.4. The van der Waals surface area contributed by atoms with E-state index in [1.54, 1.807) is 0 Å². The first kappa shape index (κ1) is 39.0. The minimum atomic E-state index is 1.02. The van der Waals surface area contributed by atoms with Gasteiger partial charge in [0.1, 0.15) is 0 Å². The highest BCUT2D eigenvalue weighted by molar-refractivity contribution is 4.59. The lowest BCUT2D eigenvalue weighted by molar-refractivity contribution is 0.392. The van der Waals surface area contributed by atoms with Gasteiger partial charge in [-0.25, -0.2) is 0 Å². The molecule has 0 spiro atoms. The van der Waals surface area contributed by atoms with Crippen molar-refractivity contribution in [2.24, 2.45) is 5.92 Å². The maximum absolute atomic E-state index is 2.43. The molecule has 0 saturated carbocycles. The van der Waals surface area contributed by atoms with Gasteiger partial charge in [0, 0.05) is 0 Å². The van der Waals surface area contributed by atoms with Crippen LogP contribution in [0.15, 0.2) is 0 Å². The van der Waals surface area contributed by atoms with E-state index in [2.05, 4.69) is 20.8 Å². The maximum atomic E-state index is 2.43. The van der Waals surface area contributed by atoms with E-state index in [1.807, 2.05) is 0 Å². The molecule has 0 saturated heterocycles. The molecule has 0 aromatic rings. The molecule has 236 valence electrons. The van der Waals surface area contributed by atoms with E-state index >= 15 is 0 Å². The zero-order valence-corrected chi connectivity index (χ0v) is 28.3. The van der Waals surface area contributed by atoms with E-state index < -0.39 is 0 Å². The number of hydrogen-bond acceptors (Lipinski definition) is 0. The Bertz CT molecular complexity index is 399. The third-order valence-corrected chi connectivity index (χ3v) is 9.51. The lowest BCUT2D eigenvalue weighted by atomic mass is 9.92. The first-order valence-electron chi connectivity index (χ1n) is 19.3. The van der Waals surface area contributed by atoms with Gasteiger partial charge in [-0.2, -0.15) is 0 Å². The van der Waals surface area contributed by atoms with E-state index in [4.69, 9.17) is 0 Å². The summed E-state index contributed by atoms with van der Waals surface area (Å²) in [6.45, 7) is 7.05. The highest BCUT2D eigenvalue weighted by atomic mass is 14.1. The Morgan fingerprint density at radius 2 is 0.410 bits per heavy atom. The van der Waals surface area contributed by atoms with Gasteiger partial charge >= 0.3 is 0 Å². The number of hydrogen-bond donors (Lipinski definition) is 0. The standard InChI is InChI=1S/C39H80/c1-4-7-9-11-13-15-16-17-18-19-20-21-22-23-24-25-26-27-28-30-32-34-36-38-39(6-3)37-35-33-31-29-14-12-10-8-5-2/h39H,4-38H2,1-3H3. The quantitative estimate of drug-likeness (QED) is 0.0691. The topological polar surface area (TPSA) is 0 Å². The van der Waals surface area contributed by atoms with Gasteiger partial charge in [-0.15, -0.1) is 0 Å². The van der Waals surface area contributed by atoms with E-state index in [-0.39, 0.29) is 0 Å². The Kier molecular flexibility index (Phi) is 36.0. The van der Waals surface area contributed by atoms with Crippen molar-refractivity contribution in [2.75, 3.05) is 0 Å². The molecule has 0 rings (SSSR count). The SMILES string of the molecule is CCCCCCCCCCCCCCCCCCCCCCCCCC(CC)CCCCCCCCCCC. The van der Waals surface area contributed by atoms with Gasteiger partial charge in [-0.1, -0.05) is 245 Å². The highest BCUT2D eigenvalue weighted by Gasteiger charge is 2.06. The Hall–Kier alpha value is 0. The second kappa shape index (κ2) is 36.0. The van der Waals surface area contributed by atoms with Crippen molar-refractivity contribution in [1.82, 2.24) is 0 Å². The van der Waals surface area contributed by atoms with Gasteiger partial charge in [0.25, 0.3) is 0 Å². The molecule has 0 aliphatic carbocycles. The summed E-state index contributed by atoms with van der Waals surface area (Å²) in [5.41, 5.74) is 0. The van der Waals surface area contributed by atoms with Crippen molar-refractivity contribution < 1.29 is 0 Å². The zero-order chi connectivity index (χ0) is 28.3. The summed E-state index contributed by atoms with van der Waals surface area (Å²) in [6.07, 6.45) is 51.8. The van der Waals surface area contributed by atoms with Crippen molar-refractivity contribution in [2.45, 2.75) is 245 Å². The third kappa shape index (κ3) is 34.1. The lowest BCUT2D eigenvalue weighted by Gasteiger charge is -2.14. The molecular formula is C39H80. The molecule has 1 atom stereocenters. The molecule has 0 aliphatic rings. The molecular weight excluding hydrogens is 468 g/mol. The zero-order valence-electron chi connectivity index (χ0n) is 28.3. The number of rotatable bonds is 35. The van der Waals surface area contributed by atoms with Gasteiger partial charge in [-0.3, -0.25) is 0 Å². The van der Waals surface area contributed by atoms with Crippen LogP contribution in [0.3, 0.4) is 0 Å². The molecule has 0 aliphatic heterocycles. The van der Waals surface area contributed by atoms with Crippen LogP contribution in [0, 0.1) is 5.92 Å². The predicted octanol–water partition coefficient (Wildman–Crippen LogP) is 15.3. The molecule has 0 heteroatoms. The van der Waals surface area contributed by atoms with E-state index in [9.17, 15) is 0 Å². The fourth-order valence-corrected chi connectivity index (χ4v) is 6.51. The van der Waals surface area contributed by atoms with Gasteiger partial charge < -0.3 is 0 Å². The highest BCUT2D eigenvalue weighted by Crippen LogP contribution is 2.22. The van der Waals surface area contributed by atoms with Crippen molar-refractivity contribution in [3.05, 3.63) is 0 Å². The second-order valence-corrected chi connectivity index (χ2v) is 13.5. The Morgan fingerprint density at radius 1 is 0.231 bits per heavy atom. The van der Waals surface area contributed by atoms with Gasteiger partial charge in [-0.05, 0) is 5.92 Å². The first-order valence-corrected chi connectivity index (χ1v) is 19.3. The average molecular weight is 549 g/mol. The lowest BCUT2D eigenvalue weighted by Crippen LogP contribution is -1.99. The summed E-state index contributed by atoms with van der Waals surface area (Å²) < 4.78 is 0. The smallest absolute Gasteiger partial charge is 0.0417 e. The van der Waals surface area contributed by atoms with Crippen LogP contribution in [0.1, 0.15) is 245 Å². The monoisotopic (exact) mass is 549 g/mol. The van der Waals surface area contributed by atoms with Crippen molar-refractivity contribution in [3.8, 4) is 0 Å². The predicted molar refractivity (Wildman–Crippen MR) is 182 cm³/mol. The molecule has 0 nitrogen and oxygen atoms in total. The van der Waals surface area contributed by atoms with Crippen LogP contribution in [-0.4, -0.2) is 0 Å². The van der Waals surface area contributed by atoms with Crippen LogP contribution in [0.4, 0.5) is 0 Å². The maximum Gasteiger partial charge on any atom is -0.0417 e. The molecule has 0 bridgehead atoms. The number of unbranched alkanes of at least 4 members (excludes halogenated alkanes) is 30. The molecule has 0 N–H and O–H groups in total. The largest absolute Gasteiger partial charge is 0.0654 e. The fraction of sp³-hybridized carbons (Fsp3) is 1.00. The van der Waals surface area contributed by atoms with Crippen LogP contribution in [-0.2, 0) is 0 Å². The Labute approximate surface area is 251 Å². The van der Waals surface area contributed by atoms with E-state index in [0.717, 1.165) is 5.92 Å². The van der Waals surface area contributed by atoms with Crippen molar-refractivity contribution in [1.29, 1.82) is 0 Å². The first-order chi connectivity index (χ1) is 19.3. The molecule has 0 aromatic carbocycles. The summed E-state index contributed by atoms with van der Waals surface area (Å²) >= 11 is 0. The van der Waals surface area contributed by atoms with Crippen LogP contribution < -0.4 is 0 Å². The van der Waals surface area contributed by atoms with Crippen LogP contribution in [0.2, 0.25) is 0 Å². The van der Waals surface area contributed by atoms with E-state index in [0.29, 0.717) is 0 Å². The molecule has 1 unspecified atom stereocenters. The van der Waals surface area contributed by atoms with Crippen LogP contribution >= 0.6 is 0 Å². The van der Waals surface area contributed by atoms with Crippen LogP contribution in [0.25, 0.3) is 0 Å². The van der Waals surface area contributed by atoms with Gasteiger partial charge in [0.2, 0.25) is 0 Å². The van der Waals surface area contributed by atoms with Gasteiger partial charge in [0.15, 0.2) is 0 Å². The summed E-state index contributed by atoms with van der Waals surface area (Å²) in [5, 5.41) is 0. The molecule has 0 amide bonds. The van der Waals surface area contributed by atoms with Gasteiger partial charge in [0.05, 0.1) is 0 Å². The molecule has 0 radical (unpaired) electrons. The van der Waals surface area contributed by atoms with E-state index in [1.165, 1.54) is 225 Å². The minimum Gasteiger partial charge on any atom is -0.0654 e. The summed E-state index contributed by atoms with van der Waals surface area (Å²) in [7, 11) is 0. The van der Waals surface area contributed by atoms with Crippen LogP contribution in [0.5, 0.6) is 0 Å². The second-order valence-electron chi connectivity index (χ2n) is 13.5. The summed E-state index contributed by atoms with van der Waals surface area (Å²) in [5.74, 6) is 1.02. The minimum absolute atomic E-state index is 1.02. The summed E-state index contributed by atoms with van der Waals surface area (Å²) in [4.78, 5) is 0. The molecule has 0 heterocycles. The molecule has 0 fully saturated rings. The Balaban J connectivity index is 3.20. The fourth-order valence-electron chi connectivity index (χ4n) is 6.51. The van der Waals surface area contributed by atoms with Crippen molar-refractivity contribution in [3.63, 3.8) is 0 Å². The summed E-state index contributed by atoms with van der Waals surface area (Å²) in [6, 6.07) is 0. The Morgan fingerprint density at radius 3 is 0.590 bits per heavy atom. The molecule has 0 aromatic heterocycles. The average Bonchev–Trinajstić information content (AvgIpc) is 2.95. The molecule has 39 heavy (non-hydrogen) atoms.